The van der Waals surface area contributed by atoms with Gasteiger partial charge in [-0.05, 0) is 37.5 Å². The standard InChI is InChI=1S/C16H22O3/c1-10-7-13-8-11(2)15(10,3)6-5-12-9-14(17)19-16(12,13)18-4/h7,9,11,13H,5-6,8H2,1-4H3/t11-,13+,15-,16+/m0/s1. The molecule has 4 aliphatic rings. The molecule has 0 amide bonds. The number of methoxy groups -OCH3 is 1. The highest BCUT2D eigenvalue weighted by Crippen LogP contribution is 2.55. The van der Waals surface area contributed by atoms with Gasteiger partial charge in [0.25, 0.3) is 0 Å². The highest BCUT2D eigenvalue weighted by Gasteiger charge is 2.55. The molecule has 1 heterocycles. The van der Waals surface area contributed by atoms with Crippen molar-refractivity contribution in [2.75, 3.05) is 7.11 Å². The topological polar surface area (TPSA) is 35.5 Å². The van der Waals surface area contributed by atoms with Crippen LogP contribution in [0, 0.1) is 17.3 Å². The summed E-state index contributed by atoms with van der Waals surface area (Å²) in [5.41, 5.74) is 2.67. The van der Waals surface area contributed by atoms with E-state index in [0.29, 0.717) is 5.92 Å². The molecule has 0 radical (unpaired) electrons. The van der Waals surface area contributed by atoms with Gasteiger partial charge in [0, 0.05) is 24.7 Å². The van der Waals surface area contributed by atoms with Crippen LogP contribution < -0.4 is 0 Å². The van der Waals surface area contributed by atoms with Gasteiger partial charge in [-0.2, -0.15) is 0 Å². The van der Waals surface area contributed by atoms with E-state index in [2.05, 4.69) is 26.8 Å². The SMILES string of the molecule is CO[C@@]12OC(=O)C=C1CC[C@@]1(C)C(C)=C[C@@H]2C[C@@H]1C. The van der Waals surface area contributed by atoms with Crippen LogP contribution in [0.1, 0.15) is 40.0 Å². The van der Waals surface area contributed by atoms with Crippen molar-refractivity contribution in [1.29, 1.82) is 0 Å². The van der Waals surface area contributed by atoms with Crippen LogP contribution in [-0.4, -0.2) is 18.9 Å². The average molecular weight is 262 g/mol. The van der Waals surface area contributed by atoms with Crippen molar-refractivity contribution in [2.45, 2.75) is 45.8 Å². The Kier molecular flexibility index (Phi) is 2.69. The largest absolute Gasteiger partial charge is 0.425 e. The van der Waals surface area contributed by atoms with Crippen molar-refractivity contribution >= 4 is 5.97 Å². The summed E-state index contributed by atoms with van der Waals surface area (Å²) in [6.07, 6.45) is 6.85. The number of ether oxygens (including phenoxy) is 2. The predicted molar refractivity (Wildman–Crippen MR) is 72.3 cm³/mol. The van der Waals surface area contributed by atoms with Gasteiger partial charge in [0.2, 0.25) is 5.79 Å². The molecule has 0 saturated heterocycles. The lowest BCUT2D eigenvalue weighted by molar-refractivity contribution is -0.213. The molecule has 0 aromatic rings. The first kappa shape index (κ1) is 12.9. The van der Waals surface area contributed by atoms with E-state index in [0.717, 1.165) is 24.8 Å². The van der Waals surface area contributed by atoms with Crippen LogP contribution in [0.3, 0.4) is 0 Å². The third-order valence-electron chi connectivity index (χ3n) is 5.74. The second kappa shape index (κ2) is 3.95. The minimum absolute atomic E-state index is 0.138. The summed E-state index contributed by atoms with van der Waals surface area (Å²) in [6.45, 7) is 6.85. The van der Waals surface area contributed by atoms with Crippen LogP contribution in [0.5, 0.6) is 0 Å². The van der Waals surface area contributed by atoms with Gasteiger partial charge in [-0.1, -0.05) is 25.5 Å². The smallest absolute Gasteiger partial charge is 0.333 e. The van der Waals surface area contributed by atoms with Gasteiger partial charge in [0.05, 0.1) is 0 Å². The van der Waals surface area contributed by atoms with E-state index in [-0.39, 0.29) is 17.3 Å². The van der Waals surface area contributed by atoms with Gasteiger partial charge in [0.15, 0.2) is 0 Å². The Labute approximate surface area is 114 Å². The Hall–Kier alpha value is -1.09. The molecule has 1 aliphatic heterocycles. The number of hydrogen-bond acceptors (Lipinski definition) is 3. The van der Waals surface area contributed by atoms with E-state index < -0.39 is 5.79 Å². The molecule has 19 heavy (non-hydrogen) atoms. The van der Waals surface area contributed by atoms with Gasteiger partial charge >= 0.3 is 5.97 Å². The summed E-state index contributed by atoms with van der Waals surface area (Å²) in [5, 5.41) is 0. The summed E-state index contributed by atoms with van der Waals surface area (Å²) in [5.74, 6) is -0.381. The molecule has 0 aromatic carbocycles. The highest BCUT2D eigenvalue weighted by atomic mass is 16.7. The number of rotatable bonds is 1. The molecule has 0 N–H and O–H groups in total. The van der Waals surface area contributed by atoms with Crippen molar-refractivity contribution in [3.05, 3.63) is 23.3 Å². The molecule has 3 aliphatic carbocycles. The third-order valence-corrected chi connectivity index (χ3v) is 5.74. The van der Waals surface area contributed by atoms with Gasteiger partial charge < -0.3 is 9.47 Å². The number of carbonyl (C=O) groups excluding carboxylic acids is 1. The first-order valence-electron chi connectivity index (χ1n) is 7.10. The van der Waals surface area contributed by atoms with Crippen LogP contribution in [-0.2, 0) is 14.3 Å². The fraction of sp³-hybridized carbons (Fsp3) is 0.688. The zero-order valence-corrected chi connectivity index (χ0v) is 12.2. The summed E-state index contributed by atoms with van der Waals surface area (Å²) < 4.78 is 11.3. The van der Waals surface area contributed by atoms with Gasteiger partial charge in [-0.3, -0.25) is 0 Å². The molecule has 4 atom stereocenters. The summed E-state index contributed by atoms with van der Waals surface area (Å²) in [6, 6.07) is 0. The van der Waals surface area contributed by atoms with Crippen molar-refractivity contribution in [3.8, 4) is 0 Å². The lowest BCUT2D eigenvalue weighted by atomic mass is 9.59. The number of fused-ring (bicyclic) bond motifs is 2. The molecular weight excluding hydrogens is 240 g/mol. The van der Waals surface area contributed by atoms with Gasteiger partial charge in [-0.15, -0.1) is 0 Å². The van der Waals surface area contributed by atoms with E-state index in [9.17, 15) is 4.79 Å². The monoisotopic (exact) mass is 262 g/mol. The fourth-order valence-corrected chi connectivity index (χ4v) is 4.06. The highest BCUT2D eigenvalue weighted by molar-refractivity contribution is 5.86. The second-order valence-corrected chi connectivity index (χ2v) is 6.47. The molecule has 4 rings (SSSR count). The molecule has 1 saturated carbocycles. The average Bonchev–Trinajstić information content (AvgIpc) is 2.69. The van der Waals surface area contributed by atoms with E-state index in [1.807, 2.05) is 0 Å². The first-order valence-corrected chi connectivity index (χ1v) is 7.10. The van der Waals surface area contributed by atoms with Gasteiger partial charge in [-0.25, -0.2) is 4.79 Å². The van der Waals surface area contributed by atoms with E-state index in [4.69, 9.17) is 9.47 Å². The molecule has 0 spiro atoms. The summed E-state index contributed by atoms with van der Waals surface area (Å²) in [4.78, 5) is 11.7. The zero-order chi connectivity index (χ0) is 13.8. The van der Waals surface area contributed by atoms with Crippen LogP contribution in [0.15, 0.2) is 23.3 Å². The van der Waals surface area contributed by atoms with E-state index in [1.54, 1.807) is 13.2 Å². The van der Waals surface area contributed by atoms with Crippen LogP contribution in [0.25, 0.3) is 0 Å². The normalized spacial score (nSPS) is 44.9. The number of esters is 1. The molecule has 3 nitrogen and oxygen atoms in total. The van der Waals surface area contributed by atoms with E-state index >= 15 is 0 Å². The number of carbonyl (C=O) groups is 1. The van der Waals surface area contributed by atoms with Gasteiger partial charge in [0.1, 0.15) is 0 Å². The van der Waals surface area contributed by atoms with Crippen LogP contribution in [0.2, 0.25) is 0 Å². The van der Waals surface area contributed by atoms with E-state index in [1.165, 1.54) is 5.57 Å². The molecule has 104 valence electrons. The van der Waals surface area contributed by atoms with Crippen molar-refractivity contribution in [3.63, 3.8) is 0 Å². The molecule has 3 heteroatoms. The minimum Gasteiger partial charge on any atom is -0.425 e. The minimum atomic E-state index is -0.839. The van der Waals surface area contributed by atoms with Crippen LogP contribution >= 0.6 is 0 Å². The van der Waals surface area contributed by atoms with Crippen molar-refractivity contribution in [2.24, 2.45) is 17.3 Å². The fourth-order valence-electron chi connectivity index (χ4n) is 4.06. The number of hydrogen-bond donors (Lipinski definition) is 0. The quantitative estimate of drug-likeness (QED) is 0.537. The Morgan fingerprint density at radius 1 is 1.47 bits per heavy atom. The Balaban J connectivity index is 2.13. The Morgan fingerprint density at radius 3 is 2.84 bits per heavy atom. The maximum absolute atomic E-state index is 11.7. The second-order valence-electron chi connectivity index (χ2n) is 6.47. The molecule has 0 unspecified atom stereocenters. The van der Waals surface area contributed by atoms with Crippen molar-refractivity contribution < 1.29 is 14.3 Å². The molecule has 0 aromatic heterocycles. The maximum Gasteiger partial charge on any atom is 0.333 e. The molecular formula is C16H22O3. The molecule has 2 bridgehead atoms. The van der Waals surface area contributed by atoms with Crippen molar-refractivity contribution in [1.82, 2.24) is 0 Å². The van der Waals surface area contributed by atoms with Crippen LogP contribution in [0.4, 0.5) is 0 Å². The first-order chi connectivity index (χ1) is 8.92. The zero-order valence-electron chi connectivity index (χ0n) is 12.2. The Morgan fingerprint density at radius 2 is 2.21 bits per heavy atom. The molecule has 1 fully saturated rings. The maximum atomic E-state index is 11.7. The predicted octanol–water partition coefficient (Wildman–Crippen LogP) is 3.21. The number of allylic oxidation sites excluding steroid dienone is 1. The lowest BCUT2D eigenvalue weighted by Crippen LogP contribution is -2.48. The lowest BCUT2D eigenvalue weighted by Gasteiger charge is -2.49. The Bertz CT molecular complexity index is 490. The summed E-state index contributed by atoms with van der Waals surface area (Å²) in [7, 11) is 1.65. The third kappa shape index (κ3) is 1.57. The summed E-state index contributed by atoms with van der Waals surface area (Å²) >= 11 is 0.